The summed E-state index contributed by atoms with van der Waals surface area (Å²) in [6.45, 7) is 2.08. The quantitative estimate of drug-likeness (QED) is 0.580. The molecule has 6 heteroatoms. The Balaban J connectivity index is 2.75. The van der Waals surface area contributed by atoms with E-state index in [4.69, 9.17) is 32.2 Å². The zero-order chi connectivity index (χ0) is 12.0. The summed E-state index contributed by atoms with van der Waals surface area (Å²) in [5.41, 5.74) is 0. The molecule has 1 aromatic rings. The Labute approximate surface area is 105 Å². The predicted molar refractivity (Wildman–Crippen MR) is 66.9 cm³/mol. The Morgan fingerprint density at radius 2 is 1.94 bits per heavy atom. The highest BCUT2D eigenvalue weighted by molar-refractivity contribution is 7.54. The van der Waals surface area contributed by atoms with E-state index in [2.05, 4.69) is 0 Å². The highest BCUT2D eigenvalue weighted by Crippen LogP contribution is 2.48. The van der Waals surface area contributed by atoms with Gasteiger partial charge in [-0.15, -0.1) is 11.6 Å². The summed E-state index contributed by atoms with van der Waals surface area (Å²) in [6.07, 6.45) is 0.186. The first-order valence-corrected chi connectivity index (χ1v) is 7.48. The van der Waals surface area contributed by atoms with Gasteiger partial charge < -0.3 is 9.05 Å². The monoisotopic (exact) mass is 282 g/mol. The van der Waals surface area contributed by atoms with Gasteiger partial charge in [-0.25, -0.2) is 4.57 Å². The smallest absolute Gasteiger partial charge is 0.380 e. The van der Waals surface area contributed by atoms with Crippen molar-refractivity contribution in [2.45, 2.75) is 6.92 Å². The molecule has 0 aliphatic heterocycles. The standard InChI is InChI=1S/C10H13Cl2O3P/c1-2-14-16(13,8-7-11)15-10-5-3-9(12)4-6-10/h3-6H,2,7-8H2,1H3. The van der Waals surface area contributed by atoms with Gasteiger partial charge in [-0.3, -0.25) is 0 Å². The lowest BCUT2D eigenvalue weighted by molar-refractivity contribution is 0.280. The Morgan fingerprint density at radius 3 is 2.44 bits per heavy atom. The Morgan fingerprint density at radius 1 is 1.31 bits per heavy atom. The van der Waals surface area contributed by atoms with Crippen LogP contribution in [0.5, 0.6) is 5.75 Å². The van der Waals surface area contributed by atoms with Crippen LogP contribution >= 0.6 is 30.8 Å². The number of hydrogen-bond donors (Lipinski definition) is 0. The molecule has 0 saturated carbocycles. The molecule has 1 rings (SSSR count). The van der Waals surface area contributed by atoms with Crippen LogP contribution < -0.4 is 4.52 Å². The van der Waals surface area contributed by atoms with Crippen LogP contribution in [0.25, 0.3) is 0 Å². The van der Waals surface area contributed by atoms with Crippen molar-refractivity contribution in [1.82, 2.24) is 0 Å². The molecule has 1 aromatic carbocycles. The minimum Gasteiger partial charge on any atom is -0.424 e. The van der Waals surface area contributed by atoms with Crippen molar-refractivity contribution in [3.63, 3.8) is 0 Å². The van der Waals surface area contributed by atoms with E-state index in [1.165, 1.54) is 0 Å². The SMILES string of the molecule is CCOP(=O)(CCCl)Oc1ccc(Cl)cc1. The number of alkyl halides is 1. The minimum atomic E-state index is -3.13. The molecule has 0 radical (unpaired) electrons. The maximum absolute atomic E-state index is 12.1. The van der Waals surface area contributed by atoms with Crippen molar-refractivity contribution in [3.05, 3.63) is 29.3 Å². The zero-order valence-electron chi connectivity index (χ0n) is 8.86. The summed E-state index contributed by atoms with van der Waals surface area (Å²) in [7, 11) is -3.13. The Kier molecular flexibility index (Phi) is 5.63. The fourth-order valence-corrected chi connectivity index (χ4v) is 3.16. The summed E-state index contributed by atoms with van der Waals surface area (Å²) in [6, 6.07) is 6.60. The topological polar surface area (TPSA) is 35.5 Å². The summed E-state index contributed by atoms with van der Waals surface area (Å²) < 4.78 is 22.6. The fourth-order valence-electron chi connectivity index (χ4n) is 1.09. The third-order valence-corrected chi connectivity index (χ3v) is 4.36. The van der Waals surface area contributed by atoms with Crippen LogP contribution in [-0.2, 0) is 9.09 Å². The average Bonchev–Trinajstić information content (AvgIpc) is 2.22. The van der Waals surface area contributed by atoms with Crippen LogP contribution in [0, 0.1) is 0 Å². The van der Waals surface area contributed by atoms with Gasteiger partial charge in [-0.05, 0) is 31.2 Å². The van der Waals surface area contributed by atoms with Gasteiger partial charge in [0.2, 0.25) is 0 Å². The van der Waals surface area contributed by atoms with Gasteiger partial charge >= 0.3 is 7.60 Å². The van der Waals surface area contributed by atoms with E-state index in [9.17, 15) is 4.57 Å². The van der Waals surface area contributed by atoms with Crippen molar-refractivity contribution < 1.29 is 13.6 Å². The molecule has 0 heterocycles. The van der Waals surface area contributed by atoms with E-state index < -0.39 is 7.60 Å². The maximum atomic E-state index is 12.1. The molecule has 90 valence electrons. The third-order valence-electron chi connectivity index (χ3n) is 1.74. The number of rotatable bonds is 6. The van der Waals surface area contributed by atoms with Crippen LogP contribution in [-0.4, -0.2) is 18.6 Å². The molecule has 0 aliphatic rings. The van der Waals surface area contributed by atoms with E-state index in [1.54, 1.807) is 31.2 Å². The number of halogens is 2. The van der Waals surface area contributed by atoms with Crippen LogP contribution in [0.2, 0.25) is 5.02 Å². The van der Waals surface area contributed by atoms with Gasteiger partial charge in [-0.2, -0.15) is 0 Å². The Bertz CT molecular complexity index is 357. The minimum absolute atomic E-state index is 0.186. The molecule has 0 bridgehead atoms. The summed E-state index contributed by atoms with van der Waals surface area (Å²) >= 11 is 11.3. The van der Waals surface area contributed by atoms with E-state index in [0.29, 0.717) is 17.4 Å². The molecule has 3 nitrogen and oxygen atoms in total. The normalized spacial score (nSPS) is 14.4. The Hall–Kier alpha value is -0.210. The second-order valence-corrected chi connectivity index (χ2v) is 5.91. The molecular formula is C10H13Cl2O3P. The number of hydrogen-bond acceptors (Lipinski definition) is 3. The molecular weight excluding hydrogens is 270 g/mol. The van der Waals surface area contributed by atoms with Gasteiger partial charge in [0.05, 0.1) is 12.8 Å². The van der Waals surface area contributed by atoms with Gasteiger partial charge in [0, 0.05) is 10.9 Å². The predicted octanol–water partition coefficient (Wildman–Crippen LogP) is 4.19. The van der Waals surface area contributed by atoms with Crippen molar-refractivity contribution >= 4 is 30.8 Å². The molecule has 0 aliphatic carbocycles. The summed E-state index contributed by atoms with van der Waals surface area (Å²) in [4.78, 5) is 0. The first-order valence-electron chi connectivity index (χ1n) is 4.84. The molecule has 1 atom stereocenters. The van der Waals surface area contributed by atoms with Crippen molar-refractivity contribution in [1.29, 1.82) is 0 Å². The van der Waals surface area contributed by atoms with E-state index in [-0.39, 0.29) is 12.0 Å². The van der Waals surface area contributed by atoms with Gasteiger partial charge in [0.15, 0.2) is 0 Å². The maximum Gasteiger partial charge on any atom is 0.380 e. The summed E-state index contributed by atoms with van der Waals surface area (Å²) in [5, 5.41) is 0.593. The first kappa shape index (κ1) is 13.9. The van der Waals surface area contributed by atoms with Crippen LogP contribution in [0.4, 0.5) is 0 Å². The van der Waals surface area contributed by atoms with Crippen molar-refractivity contribution in [2.24, 2.45) is 0 Å². The van der Waals surface area contributed by atoms with Gasteiger partial charge in [-0.1, -0.05) is 11.6 Å². The van der Waals surface area contributed by atoms with Gasteiger partial charge in [0.25, 0.3) is 0 Å². The zero-order valence-corrected chi connectivity index (χ0v) is 11.3. The largest absolute Gasteiger partial charge is 0.424 e. The highest BCUT2D eigenvalue weighted by atomic mass is 35.5. The summed E-state index contributed by atoms with van der Waals surface area (Å²) in [5.74, 6) is 0.691. The van der Waals surface area contributed by atoms with E-state index >= 15 is 0 Å². The molecule has 0 N–H and O–H groups in total. The average molecular weight is 283 g/mol. The van der Waals surface area contributed by atoms with Crippen molar-refractivity contribution in [2.75, 3.05) is 18.6 Å². The third kappa shape index (κ3) is 4.34. The molecule has 0 amide bonds. The second-order valence-electron chi connectivity index (χ2n) is 2.99. The molecule has 0 fully saturated rings. The van der Waals surface area contributed by atoms with Crippen molar-refractivity contribution in [3.8, 4) is 5.75 Å². The first-order chi connectivity index (χ1) is 7.59. The van der Waals surface area contributed by atoms with E-state index in [1.807, 2.05) is 0 Å². The highest BCUT2D eigenvalue weighted by Gasteiger charge is 2.24. The van der Waals surface area contributed by atoms with Crippen LogP contribution in [0.3, 0.4) is 0 Å². The lowest BCUT2D eigenvalue weighted by Crippen LogP contribution is -2.03. The lowest BCUT2D eigenvalue weighted by atomic mass is 10.3. The second kappa shape index (κ2) is 6.51. The lowest BCUT2D eigenvalue weighted by Gasteiger charge is -2.17. The van der Waals surface area contributed by atoms with Crippen LogP contribution in [0.1, 0.15) is 6.92 Å². The fraction of sp³-hybridized carbons (Fsp3) is 0.400. The van der Waals surface area contributed by atoms with E-state index in [0.717, 1.165) is 0 Å². The molecule has 0 spiro atoms. The molecule has 1 unspecified atom stereocenters. The van der Waals surface area contributed by atoms with Gasteiger partial charge in [0.1, 0.15) is 5.75 Å². The molecule has 0 saturated heterocycles. The molecule has 0 aromatic heterocycles. The molecule has 16 heavy (non-hydrogen) atoms. The van der Waals surface area contributed by atoms with Crippen LogP contribution in [0.15, 0.2) is 24.3 Å². The number of benzene rings is 1.